The maximum absolute atomic E-state index is 3.80. The minimum Gasteiger partial charge on any atom is -0.121 e. The van der Waals surface area contributed by atoms with Crippen LogP contribution in [0.2, 0.25) is 6.04 Å². The lowest BCUT2D eigenvalue weighted by molar-refractivity contribution is 0.804. The molecule has 1 aliphatic heterocycles. The van der Waals surface area contributed by atoms with Crippen LogP contribution in [-0.2, 0) is 0 Å². The number of hydrogen-bond acceptors (Lipinski definition) is 0. The van der Waals surface area contributed by atoms with Crippen molar-refractivity contribution in [3.63, 3.8) is 0 Å². The maximum atomic E-state index is 3.80. The fourth-order valence-electron chi connectivity index (χ4n) is 2.98. The van der Waals surface area contributed by atoms with Crippen LogP contribution in [0.4, 0.5) is 0 Å². The average Bonchev–Trinajstić information content (AvgIpc) is 2.89. The molecule has 0 aromatic rings. The largest absolute Gasteiger partial charge is 0.187 e. The lowest BCUT2D eigenvalue weighted by atomic mass is 10.2. The molecule has 0 saturated heterocycles. The Morgan fingerprint density at radius 1 is 1.10 bits per heavy atom. The van der Waals surface area contributed by atoms with E-state index in [1.54, 1.807) is 5.20 Å². The molecule has 0 nitrogen and oxygen atoms in total. The van der Waals surface area contributed by atoms with E-state index in [0.29, 0.717) is 0 Å². The van der Waals surface area contributed by atoms with Gasteiger partial charge in [0, 0.05) is 6.42 Å². The summed E-state index contributed by atoms with van der Waals surface area (Å²) in [6.07, 6.45) is 17.6. The SMILES string of the molecule is CCCCC#C[Si]1(/C=C\CCCC)CCC=C1CCCC. The molecule has 0 saturated carbocycles. The fourth-order valence-corrected chi connectivity index (χ4v) is 6.79. The number of unbranched alkanes of at least 4 members (excludes halogenated alkanes) is 5. The Labute approximate surface area is 134 Å². The van der Waals surface area contributed by atoms with Gasteiger partial charge in [-0.1, -0.05) is 75.9 Å². The summed E-state index contributed by atoms with van der Waals surface area (Å²) in [7, 11) is -1.58. The molecule has 1 atom stereocenters. The van der Waals surface area contributed by atoms with Gasteiger partial charge in [-0.3, -0.25) is 0 Å². The first-order chi connectivity index (χ1) is 10.3. The zero-order valence-electron chi connectivity index (χ0n) is 14.5. The molecule has 0 radical (unpaired) electrons. The second kappa shape index (κ2) is 10.9. The van der Waals surface area contributed by atoms with E-state index in [0.717, 1.165) is 6.42 Å². The predicted octanol–water partition coefficient (Wildman–Crippen LogP) is 6.51. The van der Waals surface area contributed by atoms with E-state index in [4.69, 9.17) is 0 Å². The van der Waals surface area contributed by atoms with Crippen LogP contribution < -0.4 is 0 Å². The molecule has 0 spiro atoms. The van der Waals surface area contributed by atoms with Crippen LogP contribution in [-0.4, -0.2) is 8.07 Å². The Bertz CT molecular complexity index is 394. The minimum absolute atomic E-state index is 1.09. The third-order valence-electron chi connectivity index (χ3n) is 4.40. The summed E-state index contributed by atoms with van der Waals surface area (Å²) in [6.45, 7) is 6.82. The van der Waals surface area contributed by atoms with Gasteiger partial charge in [0.05, 0.1) is 0 Å². The summed E-state index contributed by atoms with van der Waals surface area (Å²) >= 11 is 0. The summed E-state index contributed by atoms with van der Waals surface area (Å²) in [5, 5.41) is 1.74. The van der Waals surface area contributed by atoms with Crippen molar-refractivity contribution in [2.75, 3.05) is 0 Å². The van der Waals surface area contributed by atoms with Crippen molar-refractivity contribution in [1.82, 2.24) is 0 Å². The van der Waals surface area contributed by atoms with Crippen LogP contribution in [0.5, 0.6) is 0 Å². The Kier molecular flexibility index (Phi) is 9.51. The molecule has 1 heteroatoms. The van der Waals surface area contributed by atoms with Gasteiger partial charge in [0.2, 0.25) is 0 Å². The number of hydrogen-bond donors (Lipinski definition) is 0. The lowest BCUT2D eigenvalue weighted by Gasteiger charge is -2.20. The van der Waals surface area contributed by atoms with Crippen molar-refractivity contribution in [2.45, 2.75) is 91.0 Å². The van der Waals surface area contributed by atoms with Crippen LogP contribution in [0.15, 0.2) is 23.0 Å². The summed E-state index contributed by atoms with van der Waals surface area (Å²) in [6, 6.07) is 1.34. The van der Waals surface area contributed by atoms with Crippen LogP contribution in [0.1, 0.15) is 85.0 Å². The smallest absolute Gasteiger partial charge is 0.121 e. The summed E-state index contributed by atoms with van der Waals surface area (Å²) < 4.78 is 0. The van der Waals surface area contributed by atoms with E-state index >= 15 is 0 Å². The molecule has 1 aliphatic rings. The highest BCUT2D eigenvalue weighted by Crippen LogP contribution is 2.33. The van der Waals surface area contributed by atoms with Crippen molar-refractivity contribution in [2.24, 2.45) is 0 Å². The highest BCUT2D eigenvalue weighted by atomic mass is 28.3. The first kappa shape index (κ1) is 18.3. The van der Waals surface area contributed by atoms with Gasteiger partial charge >= 0.3 is 0 Å². The second-order valence-electron chi connectivity index (χ2n) is 6.29. The van der Waals surface area contributed by atoms with Crippen molar-refractivity contribution < 1.29 is 0 Å². The van der Waals surface area contributed by atoms with Gasteiger partial charge in [-0.05, 0) is 31.7 Å². The zero-order chi connectivity index (χ0) is 15.4. The van der Waals surface area contributed by atoms with Crippen molar-refractivity contribution >= 4 is 8.07 Å². The minimum atomic E-state index is -1.58. The highest BCUT2D eigenvalue weighted by molar-refractivity contribution is 6.98. The van der Waals surface area contributed by atoms with E-state index in [1.807, 2.05) is 0 Å². The summed E-state index contributed by atoms with van der Waals surface area (Å²) in [4.78, 5) is 0. The first-order valence-electron chi connectivity index (χ1n) is 9.16. The fraction of sp³-hybridized carbons (Fsp3) is 0.700. The maximum Gasteiger partial charge on any atom is 0.187 e. The zero-order valence-corrected chi connectivity index (χ0v) is 15.5. The summed E-state index contributed by atoms with van der Waals surface area (Å²) in [5.74, 6) is 3.54. The standard InChI is InChI=1S/C20H34Si/c1-4-7-10-12-17-21(18-13-11-8-5-2)19-14-16-20(21)15-9-6-3/h12,16-17H,4-11,14-15,19H2,1-3H3/b17-12-. The van der Waals surface area contributed by atoms with Gasteiger partial charge in [-0.2, -0.15) is 0 Å². The third-order valence-corrected chi connectivity index (χ3v) is 8.50. The number of rotatable bonds is 9. The van der Waals surface area contributed by atoms with E-state index < -0.39 is 8.07 Å². The molecular formula is C20H34Si. The average molecular weight is 303 g/mol. The molecule has 21 heavy (non-hydrogen) atoms. The van der Waals surface area contributed by atoms with Crippen LogP contribution >= 0.6 is 0 Å². The van der Waals surface area contributed by atoms with Gasteiger partial charge in [-0.15, -0.1) is 11.5 Å². The summed E-state index contributed by atoms with van der Waals surface area (Å²) in [5.41, 5.74) is 6.38. The number of allylic oxidation sites excluding steroid dienone is 3. The topological polar surface area (TPSA) is 0 Å². The molecule has 0 bridgehead atoms. The first-order valence-corrected chi connectivity index (χ1v) is 11.4. The van der Waals surface area contributed by atoms with Gasteiger partial charge in [-0.25, -0.2) is 0 Å². The molecule has 0 N–H and O–H groups in total. The van der Waals surface area contributed by atoms with Crippen molar-refractivity contribution in [1.29, 1.82) is 0 Å². The van der Waals surface area contributed by atoms with Gasteiger partial charge < -0.3 is 0 Å². The molecule has 0 fully saturated rings. The quantitative estimate of drug-likeness (QED) is 0.258. The molecule has 0 aromatic carbocycles. The molecular weight excluding hydrogens is 268 g/mol. The van der Waals surface area contributed by atoms with E-state index in [-0.39, 0.29) is 0 Å². The Balaban J connectivity index is 2.79. The molecule has 118 valence electrons. The van der Waals surface area contributed by atoms with E-state index in [9.17, 15) is 0 Å². The van der Waals surface area contributed by atoms with Crippen LogP contribution in [0.3, 0.4) is 0 Å². The normalized spacial score (nSPS) is 21.4. The Morgan fingerprint density at radius 3 is 2.57 bits per heavy atom. The van der Waals surface area contributed by atoms with Crippen molar-refractivity contribution in [3.05, 3.63) is 23.0 Å². The second-order valence-corrected chi connectivity index (χ2v) is 9.96. The van der Waals surface area contributed by atoms with E-state index in [1.165, 1.54) is 63.8 Å². The van der Waals surface area contributed by atoms with Gasteiger partial charge in [0.25, 0.3) is 0 Å². The molecule has 1 unspecified atom stereocenters. The van der Waals surface area contributed by atoms with Crippen LogP contribution in [0.25, 0.3) is 0 Å². The molecule has 0 amide bonds. The van der Waals surface area contributed by atoms with Crippen LogP contribution in [0, 0.1) is 11.5 Å². The monoisotopic (exact) mass is 302 g/mol. The molecule has 1 rings (SSSR count). The Hall–Kier alpha value is -0.743. The predicted molar refractivity (Wildman–Crippen MR) is 98.8 cm³/mol. The third kappa shape index (κ3) is 6.26. The van der Waals surface area contributed by atoms with E-state index in [2.05, 4.69) is 50.1 Å². The Morgan fingerprint density at radius 2 is 1.86 bits per heavy atom. The van der Waals surface area contributed by atoms with Gasteiger partial charge in [0.15, 0.2) is 8.07 Å². The van der Waals surface area contributed by atoms with Crippen molar-refractivity contribution in [3.8, 4) is 11.5 Å². The molecule has 0 aromatic heterocycles. The molecule has 1 heterocycles. The molecule has 0 aliphatic carbocycles. The lowest BCUT2D eigenvalue weighted by Crippen LogP contribution is -2.31. The van der Waals surface area contributed by atoms with Gasteiger partial charge in [0.1, 0.15) is 0 Å². The highest BCUT2D eigenvalue weighted by Gasteiger charge is 2.35.